The molecule has 31 heavy (non-hydrogen) atoms. The quantitative estimate of drug-likeness (QED) is 0.504. The first kappa shape index (κ1) is 22.5. The molecule has 0 aliphatic heterocycles. The number of anilines is 1. The number of hydrogen-bond donors (Lipinski definition) is 2. The van der Waals surface area contributed by atoms with Crippen LogP contribution in [0.4, 0.5) is 5.69 Å². The van der Waals surface area contributed by atoms with Crippen molar-refractivity contribution >= 4 is 29.5 Å². The Morgan fingerprint density at radius 1 is 0.871 bits per heavy atom. The molecule has 1 aromatic carbocycles. The van der Waals surface area contributed by atoms with Crippen LogP contribution in [0.5, 0.6) is 0 Å². The van der Waals surface area contributed by atoms with Gasteiger partial charge in [0.25, 0.3) is 0 Å². The van der Waals surface area contributed by atoms with Crippen LogP contribution in [0.25, 0.3) is 0 Å². The highest BCUT2D eigenvalue weighted by atomic mass is 16.5. The molecule has 1 saturated carbocycles. The number of rotatable bonds is 7. The predicted molar refractivity (Wildman–Crippen MR) is 112 cm³/mol. The summed E-state index contributed by atoms with van der Waals surface area (Å²) in [5, 5.41) is 12.3. The summed E-state index contributed by atoms with van der Waals surface area (Å²) in [6.07, 6.45) is 3.64. The van der Waals surface area contributed by atoms with Crippen LogP contribution in [0.2, 0.25) is 0 Å². The molecule has 8 nitrogen and oxygen atoms in total. The molecular formula is C23H27NO7. The van der Waals surface area contributed by atoms with Crippen LogP contribution in [0, 0.1) is 23.7 Å². The van der Waals surface area contributed by atoms with E-state index in [4.69, 9.17) is 9.47 Å². The summed E-state index contributed by atoms with van der Waals surface area (Å²) in [6, 6.07) is 4.17. The molecule has 0 radical (unpaired) electrons. The van der Waals surface area contributed by atoms with Crippen LogP contribution in [0.1, 0.15) is 54.8 Å². The molecule has 166 valence electrons. The summed E-state index contributed by atoms with van der Waals surface area (Å²) in [4.78, 5) is 49.5. The molecule has 2 N–H and O–H groups in total. The predicted octanol–water partition coefficient (Wildman–Crippen LogP) is 3.28. The van der Waals surface area contributed by atoms with Crippen LogP contribution in [0.15, 0.2) is 30.4 Å². The zero-order valence-electron chi connectivity index (χ0n) is 18.0. The number of hydrogen-bond acceptors (Lipinski definition) is 6. The molecule has 2 bridgehead atoms. The smallest absolute Gasteiger partial charge is 0.338 e. The van der Waals surface area contributed by atoms with Crippen LogP contribution in [-0.2, 0) is 19.1 Å². The van der Waals surface area contributed by atoms with Gasteiger partial charge in [-0.05, 0) is 64.2 Å². The van der Waals surface area contributed by atoms with Gasteiger partial charge in [-0.2, -0.15) is 0 Å². The van der Waals surface area contributed by atoms with Crippen LogP contribution < -0.4 is 5.32 Å². The molecule has 2 aliphatic rings. The van der Waals surface area contributed by atoms with Gasteiger partial charge in [-0.3, -0.25) is 9.59 Å². The highest BCUT2D eigenvalue weighted by Crippen LogP contribution is 2.48. The molecule has 2 aliphatic carbocycles. The number of allylic oxidation sites excluding steroid dienone is 2. The summed E-state index contributed by atoms with van der Waals surface area (Å²) in [6.45, 7) is 6.80. The number of ether oxygens (including phenoxy) is 2. The first-order chi connectivity index (χ1) is 14.6. The minimum atomic E-state index is -1.01. The van der Waals surface area contributed by atoms with Crippen LogP contribution in [0.3, 0.4) is 0 Å². The third kappa shape index (κ3) is 4.95. The molecule has 4 atom stereocenters. The maximum atomic E-state index is 13.0. The molecular weight excluding hydrogens is 402 g/mol. The van der Waals surface area contributed by atoms with Crippen molar-refractivity contribution in [2.45, 2.75) is 46.3 Å². The lowest BCUT2D eigenvalue weighted by molar-refractivity contribution is -0.146. The van der Waals surface area contributed by atoms with Crippen molar-refractivity contribution in [2.24, 2.45) is 23.7 Å². The van der Waals surface area contributed by atoms with E-state index in [9.17, 15) is 24.3 Å². The normalized spacial score (nSPS) is 23.8. The summed E-state index contributed by atoms with van der Waals surface area (Å²) in [7, 11) is 0. The van der Waals surface area contributed by atoms with Crippen molar-refractivity contribution < 1.29 is 33.8 Å². The van der Waals surface area contributed by atoms with Gasteiger partial charge < -0.3 is 19.9 Å². The van der Waals surface area contributed by atoms with Crippen molar-refractivity contribution in [3.63, 3.8) is 0 Å². The number of carboxylic acids is 1. The lowest BCUT2D eigenvalue weighted by Crippen LogP contribution is -2.36. The van der Waals surface area contributed by atoms with E-state index in [0.29, 0.717) is 6.42 Å². The molecule has 0 spiro atoms. The van der Waals surface area contributed by atoms with Gasteiger partial charge in [0.15, 0.2) is 0 Å². The SMILES string of the molecule is CC(C)OC(=O)c1cc(NC(=O)[C@@H]2[C@@H](C(=O)O)[C@H]3C=C[C@H]2C3)cc(C(=O)OC(C)C)c1. The number of aliphatic carboxylic acids is 1. The molecule has 1 amide bonds. The minimum Gasteiger partial charge on any atom is -0.481 e. The van der Waals surface area contributed by atoms with Crippen molar-refractivity contribution in [1.82, 2.24) is 0 Å². The number of amides is 1. The molecule has 3 rings (SSSR count). The lowest BCUT2D eigenvalue weighted by atomic mass is 9.82. The van der Waals surface area contributed by atoms with Crippen LogP contribution in [-0.4, -0.2) is 41.1 Å². The van der Waals surface area contributed by atoms with Gasteiger partial charge in [-0.1, -0.05) is 12.2 Å². The Morgan fingerprint density at radius 3 is 1.81 bits per heavy atom. The monoisotopic (exact) mass is 429 g/mol. The first-order valence-corrected chi connectivity index (χ1v) is 10.4. The zero-order chi connectivity index (χ0) is 22.9. The van der Waals surface area contributed by atoms with Crippen molar-refractivity contribution in [2.75, 3.05) is 5.32 Å². The van der Waals surface area contributed by atoms with Gasteiger partial charge in [0.1, 0.15) is 0 Å². The minimum absolute atomic E-state index is 0.0878. The van der Waals surface area contributed by atoms with E-state index < -0.39 is 35.7 Å². The molecule has 0 saturated heterocycles. The molecule has 8 heteroatoms. The Balaban J connectivity index is 1.89. The second-order valence-electron chi connectivity index (χ2n) is 8.53. The average molecular weight is 429 g/mol. The number of carbonyl (C=O) groups excluding carboxylic acids is 3. The van der Waals surface area contributed by atoms with Gasteiger partial charge in [0.05, 0.1) is 35.2 Å². The fraction of sp³-hybridized carbons (Fsp3) is 0.478. The number of fused-ring (bicyclic) bond motifs is 2. The van der Waals surface area contributed by atoms with E-state index in [1.54, 1.807) is 27.7 Å². The average Bonchev–Trinajstić information content (AvgIpc) is 3.28. The number of esters is 2. The molecule has 1 aromatic rings. The summed E-state index contributed by atoms with van der Waals surface area (Å²) in [5.74, 6) is -4.58. The van der Waals surface area contributed by atoms with Crippen LogP contribution >= 0.6 is 0 Å². The number of carboxylic acid groups (broad SMARTS) is 1. The Hall–Kier alpha value is -3.16. The number of nitrogens with one attached hydrogen (secondary N) is 1. The Labute approximate surface area is 180 Å². The molecule has 1 fully saturated rings. The van der Waals surface area contributed by atoms with E-state index >= 15 is 0 Å². The molecule has 0 heterocycles. The molecule has 0 aromatic heterocycles. The number of carbonyl (C=O) groups is 4. The number of benzene rings is 1. The second-order valence-corrected chi connectivity index (χ2v) is 8.53. The first-order valence-electron chi connectivity index (χ1n) is 10.4. The standard InChI is InChI=1S/C23H27NO7/c1-11(2)30-22(28)15-8-16(23(29)31-12(3)4)10-17(9-15)24-20(25)18-13-5-6-14(7-13)19(18)21(26)27/h5-6,8-14,18-19H,7H2,1-4H3,(H,24,25)(H,26,27)/t13-,14-,18-,19-/m0/s1. The fourth-order valence-electron chi connectivity index (χ4n) is 4.24. The van der Waals surface area contributed by atoms with Crippen molar-refractivity contribution in [1.29, 1.82) is 0 Å². The topological polar surface area (TPSA) is 119 Å². The summed E-state index contributed by atoms with van der Waals surface area (Å²) in [5.41, 5.74) is 0.379. The van der Waals surface area contributed by atoms with Crippen molar-refractivity contribution in [3.8, 4) is 0 Å². The zero-order valence-corrected chi connectivity index (χ0v) is 18.0. The highest BCUT2D eigenvalue weighted by molar-refractivity contribution is 6.01. The maximum Gasteiger partial charge on any atom is 0.338 e. The largest absolute Gasteiger partial charge is 0.481 e. The van der Waals surface area contributed by atoms with Gasteiger partial charge in [0, 0.05) is 5.69 Å². The van der Waals surface area contributed by atoms with Gasteiger partial charge in [-0.15, -0.1) is 0 Å². The molecule has 0 unspecified atom stereocenters. The highest BCUT2D eigenvalue weighted by Gasteiger charge is 2.51. The van der Waals surface area contributed by atoms with Gasteiger partial charge in [0.2, 0.25) is 5.91 Å². The van der Waals surface area contributed by atoms with E-state index in [1.807, 2.05) is 12.2 Å². The third-order valence-corrected chi connectivity index (χ3v) is 5.40. The van der Waals surface area contributed by atoms with E-state index in [-0.39, 0.29) is 40.9 Å². The Kier molecular flexibility index (Phi) is 6.48. The summed E-state index contributed by atoms with van der Waals surface area (Å²) < 4.78 is 10.4. The third-order valence-electron chi connectivity index (χ3n) is 5.40. The van der Waals surface area contributed by atoms with Crippen molar-refractivity contribution in [3.05, 3.63) is 41.5 Å². The summed E-state index contributed by atoms with van der Waals surface area (Å²) >= 11 is 0. The van der Waals surface area contributed by atoms with E-state index in [0.717, 1.165) is 0 Å². The lowest BCUT2D eigenvalue weighted by Gasteiger charge is -2.24. The van der Waals surface area contributed by atoms with Gasteiger partial charge in [-0.25, -0.2) is 9.59 Å². The van der Waals surface area contributed by atoms with E-state index in [1.165, 1.54) is 18.2 Å². The van der Waals surface area contributed by atoms with Gasteiger partial charge >= 0.3 is 17.9 Å². The maximum absolute atomic E-state index is 13.0. The Bertz CT molecular complexity index is 894. The van der Waals surface area contributed by atoms with E-state index in [2.05, 4.69) is 5.32 Å². The second kappa shape index (κ2) is 8.91. The fourth-order valence-corrected chi connectivity index (χ4v) is 4.24. The Morgan fingerprint density at radius 2 is 1.35 bits per heavy atom.